The number of carbonyl (C=O) groups is 1. The number of aromatic nitrogens is 1. The molecule has 1 unspecified atom stereocenters. The maximum atomic E-state index is 12.3. The molecular weight excluding hydrogens is 308 g/mol. The molecule has 1 aliphatic heterocycles. The lowest BCUT2D eigenvalue weighted by molar-refractivity contribution is 0.0934. The van der Waals surface area contributed by atoms with Crippen LogP contribution in [0.25, 0.3) is 0 Å². The average Bonchev–Trinajstić information content (AvgIpc) is 2.48. The Morgan fingerprint density at radius 2 is 2.24 bits per heavy atom. The van der Waals surface area contributed by atoms with Crippen molar-refractivity contribution in [2.24, 2.45) is 0 Å². The van der Waals surface area contributed by atoms with Crippen LogP contribution in [0.15, 0.2) is 41.6 Å². The van der Waals surface area contributed by atoms with Crippen molar-refractivity contribution in [1.82, 2.24) is 10.3 Å². The van der Waals surface area contributed by atoms with E-state index in [1.807, 2.05) is 18.2 Å². The minimum Gasteiger partial charge on any atom is -0.506 e. The van der Waals surface area contributed by atoms with Crippen molar-refractivity contribution >= 4 is 29.3 Å². The molecule has 2 N–H and O–H groups in total. The molecule has 0 fully saturated rings. The molecule has 6 heteroatoms. The number of benzene rings is 1. The van der Waals surface area contributed by atoms with Gasteiger partial charge in [0, 0.05) is 21.9 Å². The summed E-state index contributed by atoms with van der Waals surface area (Å²) in [6.45, 7) is 0. The Kier molecular flexibility index (Phi) is 4.03. The van der Waals surface area contributed by atoms with Gasteiger partial charge in [0.05, 0.1) is 17.8 Å². The summed E-state index contributed by atoms with van der Waals surface area (Å²) in [4.78, 5) is 17.2. The van der Waals surface area contributed by atoms with Crippen molar-refractivity contribution in [3.05, 3.63) is 52.8 Å². The molecule has 0 spiro atoms. The van der Waals surface area contributed by atoms with Gasteiger partial charge in [0.1, 0.15) is 5.75 Å². The number of hydrogen-bond donors (Lipinski definition) is 2. The van der Waals surface area contributed by atoms with Crippen LogP contribution in [0.4, 0.5) is 0 Å². The van der Waals surface area contributed by atoms with E-state index in [4.69, 9.17) is 11.6 Å². The SMILES string of the molecule is O=C(NC1CCSc2ccc(Cl)cc21)c1cncc(O)c1. The van der Waals surface area contributed by atoms with E-state index in [9.17, 15) is 9.90 Å². The molecule has 2 heterocycles. The molecule has 21 heavy (non-hydrogen) atoms. The zero-order chi connectivity index (χ0) is 14.8. The van der Waals surface area contributed by atoms with Crippen molar-refractivity contribution < 1.29 is 9.90 Å². The fourth-order valence-electron chi connectivity index (χ4n) is 2.31. The summed E-state index contributed by atoms with van der Waals surface area (Å²) in [6.07, 6.45) is 3.57. The molecule has 2 aromatic rings. The van der Waals surface area contributed by atoms with Crippen molar-refractivity contribution in [3.63, 3.8) is 0 Å². The van der Waals surface area contributed by atoms with Gasteiger partial charge in [0.25, 0.3) is 5.91 Å². The van der Waals surface area contributed by atoms with E-state index in [-0.39, 0.29) is 17.7 Å². The molecule has 0 aliphatic carbocycles. The Balaban J connectivity index is 1.83. The van der Waals surface area contributed by atoms with Gasteiger partial charge in [0.15, 0.2) is 0 Å². The fourth-order valence-corrected chi connectivity index (χ4v) is 3.59. The van der Waals surface area contributed by atoms with Crippen LogP contribution in [0.1, 0.15) is 28.4 Å². The highest BCUT2D eigenvalue weighted by Crippen LogP contribution is 2.37. The Morgan fingerprint density at radius 1 is 1.38 bits per heavy atom. The first-order valence-electron chi connectivity index (χ1n) is 6.50. The maximum Gasteiger partial charge on any atom is 0.253 e. The molecule has 108 valence electrons. The van der Waals surface area contributed by atoms with Crippen LogP contribution in [0, 0.1) is 0 Å². The standard InChI is InChI=1S/C15H13ClN2O2S/c16-10-1-2-14-12(6-10)13(3-4-21-14)18-15(20)9-5-11(19)8-17-7-9/h1-2,5-8,13,19H,3-4H2,(H,18,20). The molecule has 1 aromatic heterocycles. The summed E-state index contributed by atoms with van der Waals surface area (Å²) < 4.78 is 0. The van der Waals surface area contributed by atoms with Gasteiger partial charge in [-0.15, -0.1) is 11.8 Å². The normalized spacial score (nSPS) is 17.1. The number of nitrogens with zero attached hydrogens (tertiary/aromatic N) is 1. The van der Waals surface area contributed by atoms with Crippen molar-refractivity contribution in [1.29, 1.82) is 0 Å². The summed E-state index contributed by atoms with van der Waals surface area (Å²) in [6, 6.07) is 7.07. The highest BCUT2D eigenvalue weighted by Gasteiger charge is 2.23. The van der Waals surface area contributed by atoms with E-state index in [0.29, 0.717) is 10.6 Å². The first kappa shape index (κ1) is 14.2. The largest absolute Gasteiger partial charge is 0.506 e. The Hall–Kier alpha value is -1.72. The summed E-state index contributed by atoms with van der Waals surface area (Å²) in [5.74, 6) is 0.671. The molecule has 3 rings (SSSR count). The minimum atomic E-state index is -0.249. The molecular formula is C15H13ClN2O2S. The predicted molar refractivity (Wildman–Crippen MR) is 82.9 cm³/mol. The van der Waals surface area contributed by atoms with Crippen LogP contribution >= 0.6 is 23.4 Å². The van der Waals surface area contributed by atoms with Crippen LogP contribution in [-0.2, 0) is 0 Å². The first-order valence-corrected chi connectivity index (χ1v) is 7.87. The van der Waals surface area contributed by atoms with E-state index >= 15 is 0 Å². The van der Waals surface area contributed by atoms with Gasteiger partial charge in [0.2, 0.25) is 0 Å². The summed E-state index contributed by atoms with van der Waals surface area (Å²) in [5, 5.41) is 13.0. The Bertz CT molecular complexity index is 693. The van der Waals surface area contributed by atoms with Gasteiger partial charge in [-0.1, -0.05) is 11.6 Å². The second-order valence-corrected chi connectivity index (χ2v) is 6.35. The van der Waals surface area contributed by atoms with Gasteiger partial charge in [-0.2, -0.15) is 0 Å². The van der Waals surface area contributed by atoms with E-state index in [1.54, 1.807) is 11.8 Å². The fraction of sp³-hybridized carbons (Fsp3) is 0.200. The van der Waals surface area contributed by atoms with Gasteiger partial charge in [-0.25, -0.2) is 0 Å². The Morgan fingerprint density at radius 3 is 3.05 bits per heavy atom. The first-order chi connectivity index (χ1) is 10.1. The number of halogens is 1. The Labute approximate surface area is 131 Å². The smallest absolute Gasteiger partial charge is 0.253 e. The van der Waals surface area contributed by atoms with Crippen LogP contribution in [0.5, 0.6) is 5.75 Å². The summed E-state index contributed by atoms with van der Waals surface area (Å²) in [5.41, 5.74) is 1.39. The highest BCUT2D eigenvalue weighted by molar-refractivity contribution is 7.99. The topological polar surface area (TPSA) is 62.2 Å². The van der Waals surface area contributed by atoms with Gasteiger partial charge >= 0.3 is 0 Å². The lowest BCUT2D eigenvalue weighted by Crippen LogP contribution is -2.30. The number of fused-ring (bicyclic) bond motifs is 1. The van der Waals surface area contributed by atoms with Crippen molar-refractivity contribution in [2.45, 2.75) is 17.4 Å². The third-order valence-corrected chi connectivity index (χ3v) is 4.66. The molecule has 0 saturated carbocycles. The quantitative estimate of drug-likeness (QED) is 0.890. The molecule has 0 saturated heterocycles. The monoisotopic (exact) mass is 320 g/mol. The van der Waals surface area contributed by atoms with Gasteiger partial charge < -0.3 is 10.4 Å². The number of hydrogen-bond acceptors (Lipinski definition) is 4. The molecule has 1 atom stereocenters. The number of aromatic hydroxyl groups is 1. The summed E-state index contributed by atoms with van der Waals surface area (Å²) >= 11 is 7.82. The highest BCUT2D eigenvalue weighted by atomic mass is 35.5. The molecule has 1 amide bonds. The average molecular weight is 321 g/mol. The molecule has 1 aliphatic rings. The van der Waals surface area contributed by atoms with E-state index < -0.39 is 0 Å². The molecule has 4 nitrogen and oxygen atoms in total. The van der Waals surface area contributed by atoms with Gasteiger partial charge in [-0.05, 0) is 36.2 Å². The lowest BCUT2D eigenvalue weighted by Gasteiger charge is -2.26. The number of nitrogens with one attached hydrogen (secondary N) is 1. The van der Waals surface area contributed by atoms with Crippen molar-refractivity contribution in [3.8, 4) is 5.75 Å². The number of carbonyl (C=O) groups excluding carboxylic acids is 1. The van der Waals surface area contributed by atoms with Crippen LogP contribution in [0.3, 0.4) is 0 Å². The maximum absolute atomic E-state index is 12.3. The molecule has 0 bridgehead atoms. The van der Waals surface area contributed by atoms with Crippen LogP contribution in [0.2, 0.25) is 5.02 Å². The van der Waals surface area contributed by atoms with Crippen molar-refractivity contribution in [2.75, 3.05) is 5.75 Å². The minimum absolute atomic E-state index is 0.0229. The predicted octanol–water partition coefficient (Wildman–Crippen LogP) is 3.41. The second kappa shape index (κ2) is 5.95. The molecule has 0 radical (unpaired) electrons. The van der Waals surface area contributed by atoms with E-state index in [0.717, 1.165) is 22.6 Å². The molecule has 1 aromatic carbocycles. The number of thioether (sulfide) groups is 1. The van der Waals surface area contributed by atoms with Crippen LogP contribution < -0.4 is 5.32 Å². The van der Waals surface area contributed by atoms with E-state index in [2.05, 4.69) is 10.3 Å². The third kappa shape index (κ3) is 3.14. The lowest BCUT2D eigenvalue weighted by atomic mass is 10.0. The summed E-state index contributed by atoms with van der Waals surface area (Å²) in [7, 11) is 0. The number of rotatable bonds is 2. The number of pyridine rings is 1. The van der Waals surface area contributed by atoms with E-state index in [1.165, 1.54) is 18.5 Å². The third-order valence-electron chi connectivity index (χ3n) is 3.30. The van der Waals surface area contributed by atoms with Crippen LogP contribution in [-0.4, -0.2) is 21.8 Å². The zero-order valence-electron chi connectivity index (χ0n) is 11.0. The number of amides is 1. The van der Waals surface area contributed by atoms with Gasteiger partial charge in [-0.3, -0.25) is 9.78 Å². The zero-order valence-corrected chi connectivity index (χ0v) is 12.6. The second-order valence-electron chi connectivity index (χ2n) is 4.78.